The van der Waals surface area contributed by atoms with Gasteiger partial charge in [-0.15, -0.1) is 0 Å². The lowest BCUT2D eigenvalue weighted by molar-refractivity contribution is -0.139. The third-order valence-electron chi connectivity index (χ3n) is 6.15. The highest BCUT2D eigenvalue weighted by Crippen LogP contribution is 2.30. The average Bonchev–Trinajstić information content (AvgIpc) is 3.23. The molecular weight excluding hydrogens is 520 g/mol. The Morgan fingerprint density at radius 3 is 2.50 bits per heavy atom. The summed E-state index contributed by atoms with van der Waals surface area (Å²) in [5, 5.41) is 0.666. The van der Waals surface area contributed by atoms with Gasteiger partial charge in [0.25, 0.3) is 5.56 Å². The van der Waals surface area contributed by atoms with Gasteiger partial charge in [-0.05, 0) is 49.2 Å². The van der Waals surface area contributed by atoms with Gasteiger partial charge in [-0.2, -0.15) is 0 Å². The summed E-state index contributed by atoms with van der Waals surface area (Å²) in [7, 11) is 0. The summed E-state index contributed by atoms with van der Waals surface area (Å²) in [5.41, 5.74) is 3.23. The number of thiazole rings is 1. The summed E-state index contributed by atoms with van der Waals surface area (Å²) < 4.78 is 13.5. The third kappa shape index (κ3) is 5.21. The van der Waals surface area contributed by atoms with Gasteiger partial charge in [0.05, 0.1) is 28.5 Å². The van der Waals surface area contributed by atoms with E-state index in [9.17, 15) is 9.59 Å². The fourth-order valence-corrected chi connectivity index (χ4v) is 5.52. The van der Waals surface area contributed by atoms with E-state index in [-0.39, 0.29) is 12.2 Å². The van der Waals surface area contributed by atoms with Crippen LogP contribution in [0.25, 0.3) is 6.08 Å². The minimum atomic E-state index is -0.634. The number of hydrogen-bond donors (Lipinski definition) is 0. The van der Waals surface area contributed by atoms with Crippen LogP contribution in [0.3, 0.4) is 0 Å². The quantitative estimate of drug-likeness (QED) is 0.306. The lowest BCUT2D eigenvalue weighted by atomic mass is 9.96. The van der Waals surface area contributed by atoms with Crippen LogP contribution in [-0.2, 0) is 16.1 Å². The van der Waals surface area contributed by atoms with E-state index in [4.69, 9.17) is 21.1 Å². The molecule has 0 radical (unpaired) electrons. The predicted octanol–water partition coefficient (Wildman–Crippen LogP) is 5.03. The van der Waals surface area contributed by atoms with Crippen molar-refractivity contribution >= 4 is 35.0 Å². The van der Waals surface area contributed by atoms with Crippen LogP contribution in [0.5, 0.6) is 5.75 Å². The molecule has 0 N–H and O–H groups in total. The number of para-hydroxylation sites is 1. The van der Waals surface area contributed by atoms with Crippen molar-refractivity contribution in [3.63, 3.8) is 0 Å². The van der Waals surface area contributed by atoms with Crippen molar-refractivity contribution in [2.45, 2.75) is 26.5 Å². The van der Waals surface area contributed by atoms with E-state index in [1.165, 1.54) is 11.3 Å². The number of halogens is 1. The van der Waals surface area contributed by atoms with Crippen LogP contribution in [0.4, 0.5) is 0 Å². The van der Waals surface area contributed by atoms with Gasteiger partial charge >= 0.3 is 5.97 Å². The molecule has 2 heterocycles. The molecule has 1 aromatic heterocycles. The number of fused-ring (bicyclic) bond motifs is 1. The monoisotopic (exact) mass is 544 g/mol. The molecule has 0 spiro atoms. The summed E-state index contributed by atoms with van der Waals surface area (Å²) in [6, 6.07) is 23.9. The minimum Gasteiger partial charge on any atom is -0.488 e. The molecule has 0 fully saturated rings. The molecule has 8 heteroatoms. The van der Waals surface area contributed by atoms with Gasteiger partial charge in [0.15, 0.2) is 4.80 Å². The Kier molecular flexibility index (Phi) is 7.58. The molecule has 0 amide bonds. The summed E-state index contributed by atoms with van der Waals surface area (Å²) in [4.78, 5) is 32.0. The SMILES string of the molecule is CCOC(=O)C1=C(C)N=c2s/c(=C/c3ccccc3OCc3ccc(Cl)cc3)c(=O)n2[C@@H]1c1ccccc1. The molecule has 4 aromatic rings. The van der Waals surface area contributed by atoms with Crippen LogP contribution in [-0.4, -0.2) is 17.1 Å². The molecule has 192 valence electrons. The van der Waals surface area contributed by atoms with E-state index in [2.05, 4.69) is 4.99 Å². The minimum absolute atomic E-state index is 0.231. The Hall–Kier alpha value is -3.94. The van der Waals surface area contributed by atoms with E-state index >= 15 is 0 Å². The molecule has 1 atom stereocenters. The first-order valence-corrected chi connectivity index (χ1v) is 13.4. The van der Waals surface area contributed by atoms with Crippen LogP contribution >= 0.6 is 22.9 Å². The van der Waals surface area contributed by atoms with Crippen LogP contribution in [0.1, 0.15) is 36.6 Å². The van der Waals surface area contributed by atoms with Gasteiger partial charge in [0.1, 0.15) is 12.4 Å². The van der Waals surface area contributed by atoms with Crippen molar-refractivity contribution in [2.75, 3.05) is 6.61 Å². The zero-order chi connectivity index (χ0) is 26.6. The second-order valence-corrected chi connectivity index (χ2v) is 10.1. The Labute approximate surface area is 228 Å². The number of benzene rings is 3. The molecule has 0 saturated carbocycles. The van der Waals surface area contributed by atoms with Gasteiger partial charge in [-0.3, -0.25) is 9.36 Å². The van der Waals surface area contributed by atoms with Gasteiger partial charge < -0.3 is 9.47 Å². The normalized spacial score (nSPS) is 15.1. The predicted molar refractivity (Wildman–Crippen MR) is 149 cm³/mol. The molecular formula is C30H25ClN2O4S. The van der Waals surface area contributed by atoms with Crippen molar-refractivity contribution in [1.29, 1.82) is 0 Å². The summed E-state index contributed by atoms with van der Waals surface area (Å²) in [6.45, 7) is 4.12. The van der Waals surface area contributed by atoms with Crippen LogP contribution in [0, 0.1) is 0 Å². The Morgan fingerprint density at radius 1 is 1.05 bits per heavy atom. The fourth-order valence-electron chi connectivity index (χ4n) is 4.36. The van der Waals surface area contributed by atoms with Crippen molar-refractivity contribution in [2.24, 2.45) is 4.99 Å². The van der Waals surface area contributed by atoms with E-state index in [1.54, 1.807) is 18.4 Å². The fraction of sp³-hybridized carbons (Fsp3) is 0.167. The molecule has 0 unspecified atom stereocenters. The van der Waals surface area contributed by atoms with E-state index in [0.29, 0.717) is 38.0 Å². The number of allylic oxidation sites excluding steroid dienone is 1. The van der Waals surface area contributed by atoms with Crippen LogP contribution in [0.15, 0.2) is 99.9 Å². The number of rotatable bonds is 7. The maximum absolute atomic E-state index is 13.8. The Morgan fingerprint density at radius 2 is 1.76 bits per heavy atom. The first kappa shape index (κ1) is 25.7. The van der Waals surface area contributed by atoms with Gasteiger partial charge in [-0.25, -0.2) is 9.79 Å². The second kappa shape index (κ2) is 11.2. The van der Waals surface area contributed by atoms with Crippen molar-refractivity contribution in [1.82, 2.24) is 4.57 Å². The van der Waals surface area contributed by atoms with Crippen LogP contribution in [0.2, 0.25) is 5.02 Å². The molecule has 0 saturated heterocycles. The summed E-state index contributed by atoms with van der Waals surface area (Å²) >= 11 is 7.27. The lowest BCUT2D eigenvalue weighted by Crippen LogP contribution is -2.39. The first-order chi connectivity index (χ1) is 18.5. The number of hydrogen-bond acceptors (Lipinski definition) is 6. The van der Waals surface area contributed by atoms with Crippen molar-refractivity contribution in [3.8, 4) is 5.75 Å². The highest BCUT2D eigenvalue weighted by molar-refractivity contribution is 7.07. The number of esters is 1. The molecule has 3 aromatic carbocycles. The average molecular weight is 545 g/mol. The lowest BCUT2D eigenvalue weighted by Gasteiger charge is -2.24. The van der Waals surface area contributed by atoms with Gasteiger partial charge in [-0.1, -0.05) is 83.6 Å². The van der Waals surface area contributed by atoms with Crippen molar-refractivity contribution in [3.05, 3.63) is 132 Å². The molecule has 1 aliphatic rings. The largest absolute Gasteiger partial charge is 0.488 e. The number of ether oxygens (including phenoxy) is 2. The second-order valence-electron chi connectivity index (χ2n) is 8.67. The first-order valence-electron chi connectivity index (χ1n) is 12.2. The number of aromatic nitrogens is 1. The smallest absolute Gasteiger partial charge is 0.338 e. The summed E-state index contributed by atoms with van der Waals surface area (Å²) in [5.74, 6) is 0.175. The molecule has 5 rings (SSSR count). The topological polar surface area (TPSA) is 69.9 Å². The number of carbonyl (C=O) groups is 1. The van der Waals surface area contributed by atoms with Crippen LogP contribution < -0.4 is 19.6 Å². The highest BCUT2D eigenvalue weighted by Gasteiger charge is 2.33. The van der Waals surface area contributed by atoms with Crippen molar-refractivity contribution < 1.29 is 14.3 Å². The molecule has 0 aliphatic carbocycles. The molecule has 0 bridgehead atoms. The number of carbonyl (C=O) groups excluding carboxylic acids is 1. The number of nitrogens with zero attached hydrogens (tertiary/aromatic N) is 2. The van der Waals surface area contributed by atoms with E-state index < -0.39 is 12.0 Å². The van der Waals surface area contributed by atoms with Gasteiger partial charge in [0.2, 0.25) is 0 Å². The Bertz CT molecular complexity index is 1690. The highest BCUT2D eigenvalue weighted by atomic mass is 35.5. The molecule has 6 nitrogen and oxygen atoms in total. The maximum Gasteiger partial charge on any atom is 0.338 e. The standard InChI is InChI=1S/C30H25ClN2O4S/c1-3-36-29(35)26-19(2)32-30-33(27(26)21-9-5-4-6-10-21)28(34)25(38-30)17-22-11-7-8-12-24(22)37-18-20-13-15-23(31)16-14-20/h4-17,27H,3,18H2,1-2H3/b25-17+/t27-/m1/s1. The Balaban J connectivity index is 1.58. The van der Waals surface area contributed by atoms with E-state index in [0.717, 1.165) is 16.7 Å². The third-order valence-corrected chi connectivity index (χ3v) is 7.38. The van der Waals surface area contributed by atoms with E-state index in [1.807, 2.05) is 84.9 Å². The molecule has 38 heavy (non-hydrogen) atoms. The zero-order valence-corrected chi connectivity index (χ0v) is 22.5. The zero-order valence-electron chi connectivity index (χ0n) is 20.9. The molecule has 1 aliphatic heterocycles. The van der Waals surface area contributed by atoms with Gasteiger partial charge in [0, 0.05) is 10.6 Å². The maximum atomic E-state index is 13.8. The summed E-state index contributed by atoms with van der Waals surface area (Å²) in [6.07, 6.45) is 1.81.